The van der Waals surface area contributed by atoms with E-state index in [0.29, 0.717) is 17.8 Å². The van der Waals surface area contributed by atoms with Crippen molar-refractivity contribution in [3.8, 4) is 0 Å². The zero-order valence-corrected chi connectivity index (χ0v) is 11.1. The third kappa shape index (κ3) is 2.44. The molecule has 0 aromatic heterocycles. The number of rotatable bonds is 4. The number of nitro groups is 1. The van der Waals surface area contributed by atoms with Gasteiger partial charge in [0, 0.05) is 18.3 Å². The van der Waals surface area contributed by atoms with Gasteiger partial charge in [0.1, 0.15) is 0 Å². The summed E-state index contributed by atoms with van der Waals surface area (Å²) in [5.41, 5.74) is 0.637. The van der Waals surface area contributed by atoms with Crippen LogP contribution in [0.15, 0.2) is 12.1 Å². The van der Waals surface area contributed by atoms with Gasteiger partial charge in [-0.15, -0.1) is 0 Å². The van der Waals surface area contributed by atoms with E-state index in [1.54, 1.807) is 6.92 Å². The number of benzene rings is 1. The van der Waals surface area contributed by atoms with Crippen LogP contribution in [0.4, 0.5) is 11.4 Å². The summed E-state index contributed by atoms with van der Waals surface area (Å²) in [5.74, 6) is -1.20. The highest BCUT2D eigenvalue weighted by atomic mass is 16.6. The Morgan fingerprint density at radius 1 is 1.55 bits per heavy atom. The van der Waals surface area contributed by atoms with Crippen molar-refractivity contribution in [1.82, 2.24) is 0 Å². The molecule has 2 rings (SSSR count). The molecule has 1 unspecified atom stereocenters. The lowest BCUT2D eigenvalue weighted by atomic mass is 10.1. The van der Waals surface area contributed by atoms with Crippen LogP contribution in [0.3, 0.4) is 0 Å². The van der Waals surface area contributed by atoms with Crippen LogP contribution in [0.1, 0.15) is 28.8 Å². The highest BCUT2D eigenvalue weighted by Gasteiger charge is 2.29. The van der Waals surface area contributed by atoms with Crippen LogP contribution in [0.2, 0.25) is 0 Å². The monoisotopic (exact) mass is 280 g/mol. The first-order valence-corrected chi connectivity index (χ1v) is 6.35. The smallest absolute Gasteiger partial charge is 0.336 e. The first-order chi connectivity index (χ1) is 9.45. The van der Waals surface area contributed by atoms with Gasteiger partial charge in [-0.3, -0.25) is 10.1 Å². The minimum absolute atomic E-state index is 0.0511. The number of carbonyl (C=O) groups is 1. The van der Waals surface area contributed by atoms with Crippen LogP contribution in [0.5, 0.6) is 0 Å². The highest BCUT2D eigenvalue weighted by molar-refractivity contribution is 5.90. The molecule has 2 N–H and O–H groups in total. The predicted octanol–water partition coefficient (Wildman–Crippen LogP) is 1.56. The number of aliphatic hydroxyl groups excluding tert-OH is 1. The zero-order valence-electron chi connectivity index (χ0n) is 11.1. The molecule has 1 aliphatic rings. The summed E-state index contributed by atoms with van der Waals surface area (Å²) < 4.78 is 0. The molecule has 1 heterocycles. The van der Waals surface area contributed by atoms with E-state index in [2.05, 4.69) is 0 Å². The van der Waals surface area contributed by atoms with Crippen LogP contribution in [-0.2, 0) is 0 Å². The predicted molar refractivity (Wildman–Crippen MR) is 72.2 cm³/mol. The Morgan fingerprint density at radius 2 is 2.25 bits per heavy atom. The van der Waals surface area contributed by atoms with E-state index < -0.39 is 10.9 Å². The summed E-state index contributed by atoms with van der Waals surface area (Å²) in [7, 11) is 0. The number of nitrogens with zero attached hydrogens (tertiary/aromatic N) is 2. The van der Waals surface area contributed by atoms with Gasteiger partial charge in [-0.1, -0.05) is 0 Å². The molecule has 0 bridgehead atoms. The van der Waals surface area contributed by atoms with Crippen molar-refractivity contribution in [2.24, 2.45) is 0 Å². The maximum absolute atomic E-state index is 11.1. The summed E-state index contributed by atoms with van der Waals surface area (Å²) >= 11 is 0. The van der Waals surface area contributed by atoms with Crippen LogP contribution in [0.25, 0.3) is 0 Å². The lowest BCUT2D eigenvalue weighted by Gasteiger charge is -2.27. The van der Waals surface area contributed by atoms with Crippen molar-refractivity contribution in [3.63, 3.8) is 0 Å². The number of anilines is 1. The van der Waals surface area contributed by atoms with Crippen LogP contribution >= 0.6 is 0 Å². The van der Waals surface area contributed by atoms with E-state index in [1.807, 2.05) is 4.90 Å². The Labute approximate surface area is 115 Å². The molecule has 1 aromatic rings. The standard InChI is InChI=1S/C13H16N2O5/c1-8-11(14-4-2-3-10(14)7-16)5-9(13(17)18)6-12(8)15(19)20/h5-6,10,16H,2-4,7H2,1H3,(H,17,18). The molecule has 1 atom stereocenters. The third-order valence-corrected chi connectivity index (χ3v) is 3.69. The lowest BCUT2D eigenvalue weighted by molar-refractivity contribution is -0.385. The normalized spacial score (nSPS) is 18.3. The first-order valence-electron chi connectivity index (χ1n) is 6.35. The fourth-order valence-corrected chi connectivity index (χ4v) is 2.64. The van der Waals surface area contributed by atoms with Crippen molar-refractivity contribution >= 4 is 17.3 Å². The lowest BCUT2D eigenvalue weighted by Crippen LogP contribution is -2.32. The van der Waals surface area contributed by atoms with E-state index in [-0.39, 0.29) is 23.9 Å². The Bertz CT molecular complexity index is 558. The topological polar surface area (TPSA) is 104 Å². The molecule has 7 nitrogen and oxygen atoms in total. The Hall–Kier alpha value is -2.15. The number of nitro benzene ring substituents is 1. The Balaban J connectivity index is 2.56. The minimum atomic E-state index is -1.20. The molecule has 0 saturated carbocycles. The second-order valence-electron chi connectivity index (χ2n) is 4.87. The maximum atomic E-state index is 11.1. The summed E-state index contributed by atoms with van der Waals surface area (Å²) in [5, 5.41) is 29.5. The second kappa shape index (κ2) is 5.46. The number of aromatic carboxylic acids is 1. The number of carboxylic acids is 1. The molecule has 1 saturated heterocycles. The average molecular weight is 280 g/mol. The van der Waals surface area contributed by atoms with Gasteiger partial charge >= 0.3 is 5.97 Å². The molecule has 0 spiro atoms. The van der Waals surface area contributed by atoms with Gasteiger partial charge in [-0.25, -0.2) is 4.79 Å². The molecule has 7 heteroatoms. The molecule has 20 heavy (non-hydrogen) atoms. The average Bonchev–Trinajstić information content (AvgIpc) is 2.86. The van der Waals surface area contributed by atoms with Gasteiger partial charge < -0.3 is 15.1 Å². The molecule has 0 aliphatic carbocycles. The van der Waals surface area contributed by atoms with Crippen molar-refractivity contribution in [2.45, 2.75) is 25.8 Å². The van der Waals surface area contributed by atoms with E-state index in [1.165, 1.54) is 6.07 Å². The van der Waals surface area contributed by atoms with Gasteiger partial charge in [0.25, 0.3) is 5.69 Å². The number of carboxylic acid groups (broad SMARTS) is 1. The third-order valence-electron chi connectivity index (χ3n) is 3.69. The van der Waals surface area contributed by atoms with E-state index >= 15 is 0 Å². The molecule has 0 radical (unpaired) electrons. The largest absolute Gasteiger partial charge is 0.478 e. The quantitative estimate of drug-likeness (QED) is 0.640. The highest BCUT2D eigenvalue weighted by Crippen LogP contribution is 2.34. The van der Waals surface area contributed by atoms with Gasteiger partial charge in [-0.2, -0.15) is 0 Å². The number of hydrogen-bond donors (Lipinski definition) is 2. The van der Waals surface area contributed by atoms with Gasteiger partial charge in [0.2, 0.25) is 0 Å². The van der Waals surface area contributed by atoms with E-state index in [4.69, 9.17) is 5.11 Å². The number of hydrogen-bond acceptors (Lipinski definition) is 5. The summed E-state index contributed by atoms with van der Waals surface area (Å²) in [6.07, 6.45) is 1.66. The molecule has 1 fully saturated rings. The van der Waals surface area contributed by atoms with Crippen molar-refractivity contribution in [2.75, 3.05) is 18.1 Å². The first kappa shape index (κ1) is 14.3. The van der Waals surface area contributed by atoms with Gasteiger partial charge in [0.05, 0.1) is 28.7 Å². The number of aliphatic hydroxyl groups is 1. The fraction of sp³-hybridized carbons (Fsp3) is 0.462. The van der Waals surface area contributed by atoms with Crippen LogP contribution in [0, 0.1) is 17.0 Å². The molecular weight excluding hydrogens is 264 g/mol. The SMILES string of the molecule is Cc1c(N2CCCC2CO)cc(C(=O)O)cc1[N+](=O)[O-]. The Kier molecular flexibility index (Phi) is 3.89. The summed E-state index contributed by atoms with van der Waals surface area (Å²) in [6, 6.07) is 2.40. The van der Waals surface area contributed by atoms with Crippen LogP contribution < -0.4 is 4.90 Å². The zero-order chi connectivity index (χ0) is 14.9. The Morgan fingerprint density at radius 3 is 2.80 bits per heavy atom. The summed E-state index contributed by atoms with van der Waals surface area (Å²) in [6.45, 7) is 2.21. The molecule has 1 aromatic carbocycles. The molecule has 1 aliphatic heterocycles. The van der Waals surface area contributed by atoms with Crippen LogP contribution in [-0.4, -0.2) is 40.3 Å². The summed E-state index contributed by atoms with van der Waals surface area (Å²) in [4.78, 5) is 23.5. The van der Waals surface area contributed by atoms with Crippen molar-refractivity contribution in [1.29, 1.82) is 0 Å². The molecule has 108 valence electrons. The second-order valence-corrected chi connectivity index (χ2v) is 4.87. The van der Waals surface area contributed by atoms with Crippen molar-refractivity contribution in [3.05, 3.63) is 33.4 Å². The van der Waals surface area contributed by atoms with Gasteiger partial charge in [-0.05, 0) is 25.8 Å². The molecular formula is C13H16N2O5. The minimum Gasteiger partial charge on any atom is -0.478 e. The van der Waals surface area contributed by atoms with Gasteiger partial charge in [0.15, 0.2) is 0 Å². The fourth-order valence-electron chi connectivity index (χ4n) is 2.64. The maximum Gasteiger partial charge on any atom is 0.336 e. The van der Waals surface area contributed by atoms with E-state index in [9.17, 15) is 20.0 Å². The van der Waals surface area contributed by atoms with E-state index in [0.717, 1.165) is 18.9 Å². The van der Waals surface area contributed by atoms with Crippen molar-refractivity contribution < 1.29 is 19.9 Å². The molecule has 0 amide bonds.